The van der Waals surface area contributed by atoms with Crippen molar-refractivity contribution in [1.82, 2.24) is 10.2 Å². The molecule has 1 fully saturated rings. The van der Waals surface area contributed by atoms with Crippen LogP contribution in [0.2, 0.25) is 0 Å². The maximum absolute atomic E-state index is 12.3. The molecule has 0 saturated carbocycles. The topological polar surface area (TPSA) is 32.3 Å². The molecular formula is C17H27ClN2OS. The van der Waals surface area contributed by atoms with Crippen molar-refractivity contribution < 1.29 is 4.79 Å². The highest BCUT2D eigenvalue weighted by atomic mass is 35.5. The molecule has 1 aliphatic heterocycles. The van der Waals surface area contributed by atoms with E-state index in [1.54, 1.807) is 11.8 Å². The largest absolute Gasteiger partial charge is 0.340 e. The molecule has 1 aromatic carbocycles. The number of nitrogens with zero attached hydrogens (tertiary/aromatic N) is 1. The number of likely N-dealkylation sites (N-methyl/N-ethyl adjacent to an activating group) is 1. The first-order valence-corrected chi connectivity index (χ1v) is 8.76. The van der Waals surface area contributed by atoms with Gasteiger partial charge in [-0.2, -0.15) is 0 Å². The van der Waals surface area contributed by atoms with Crippen molar-refractivity contribution in [2.75, 3.05) is 25.9 Å². The van der Waals surface area contributed by atoms with Crippen molar-refractivity contribution >= 4 is 30.1 Å². The molecule has 1 amide bonds. The molecule has 1 aromatic rings. The van der Waals surface area contributed by atoms with Crippen LogP contribution < -0.4 is 5.32 Å². The number of hydrogen-bond acceptors (Lipinski definition) is 3. The maximum atomic E-state index is 12.3. The first kappa shape index (κ1) is 19.3. The van der Waals surface area contributed by atoms with E-state index in [0.29, 0.717) is 17.7 Å². The predicted octanol–water partition coefficient (Wildman–Crippen LogP) is 3.53. The molecule has 1 aliphatic rings. The van der Waals surface area contributed by atoms with E-state index < -0.39 is 0 Å². The fourth-order valence-corrected chi connectivity index (χ4v) is 3.43. The second-order valence-corrected chi connectivity index (χ2v) is 7.03. The number of hydrogen-bond donors (Lipinski definition) is 1. The van der Waals surface area contributed by atoms with Crippen molar-refractivity contribution in [3.63, 3.8) is 0 Å². The molecule has 1 saturated heterocycles. The monoisotopic (exact) mass is 342 g/mol. The van der Waals surface area contributed by atoms with E-state index in [9.17, 15) is 4.79 Å². The third kappa shape index (κ3) is 5.49. The van der Waals surface area contributed by atoms with Crippen LogP contribution in [0.5, 0.6) is 0 Å². The lowest BCUT2D eigenvalue weighted by Gasteiger charge is -2.32. The van der Waals surface area contributed by atoms with Gasteiger partial charge in [-0.15, -0.1) is 24.2 Å². The standard InChI is InChI=1S/C17H26N2OS.ClH/c1-13(2)14-6-8-16(9-7-14)21-12-17(20)19-10-4-5-15(11-19)18-3;/h6-9,13,15,18H,4-5,10-12H2,1-3H3;1H. The summed E-state index contributed by atoms with van der Waals surface area (Å²) < 4.78 is 0. The summed E-state index contributed by atoms with van der Waals surface area (Å²) in [6.45, 7) is 6.15. The first-order valence-electron chi connectivity index (χ1n) is 7.78. The van der Waals surface area contributed by atoms with Gasteiger partial charge in [-0.1, -0.05) is 26.0 Å². The molecule has 1 unspecified atom stereocenters. The van der Waals surface area contributed by atoms with Gasteiger partial charge in [0, 0.05) is 24.0 Å². The minimum Gasteiger partial charge on any atom is -0.340 e. The smallest absolute Gasteiger partial charge is 0.232 e. The number of thioether (sulfide) groups is 1. The SMILES string of the molecule is CNC1CCCN(C(=O)CSc2ccc(C(C)C)cc2)C1.Cl. The van der Waals surface area contributed by atoms with E-state index in [1.165, 1.54) is 16.9 Å². The Kier molecular flexibility index (Phi) is 8.29. The van der Waals surface area contributed by atoms with Gasteiger partial charge in [0.05, 0.1) is 5.75 Å². The second-order valence-electron chi connectivity index (χ2n) is 5.98. The van der Waals surface area contributed by atoms with Gasteiger partial charge in [-0.25, -0.2) is 0 Å². The molecule has 1 heterocycles. The Morgan fingerprint density at radius 1 is 1.36 bits per heavy atom. The highest BCUT2D eigenvalue weighted by Gasteiger charge is 2.22. The average molecular weight is 343 g/mol. The lowest BCUT2D eigenvalue weighted by Crippen LogP contribution is -2.47. The van der Waals surface area contributed by atoms with Crippen LogP contribution in [0.4, 0.5) is 0 Å². The van der Waals surface area contributed by atoms with Crippen LogP contribution in [0, 0.1) is 0 Å². The highest BCUT2D eigenvalue weighted by Crippen LogP contribution is 2.22. The Morgan fingerprint density at radius 3 is 2.64 bits per heavy atom. The van der Waals surface area contributed by atoms with E-state index >= 15 is 0 Å². The van der Waals surface area contributed by atoms with Gasteiger partial charge in [0.1, 0.15) is 0 Å². The highest BCUT2D eigenvalue weighted by molar-refractivity contribution is 8.00. The van der Waals surface area contributed by atoms with Crippen molar-refractivity contribution in [3.05, 3.63) is 29.8 Å². The van der Waals surface area contributed by atoms with Crippen LogP contribution in [0.15, 0.2) is 29.2 Å². The van der Waals surface area contributed by atoms with E-state index in [-0.39, 0.29) is 18.3 Å². The summed E-state index contributed by atoms with van der Waals surface area (Å²) in [5.41, 5.74) is 1.35. The second kappa shape index (κ2) is 9.43. The Morgan fingerprint density at radius 2 is 2.05 bits per heavy atom. The molecule has 124 valence electrons. The molecule has 0 bridgehead atoms. The molecule has 0 aliphatic carbocycles. The number of likely N-dealkylation sites (tertiary alicyclic amines) is 1. The van der Waals surface area contributed by atoms with Crippen molar-refractivity contribution in [2.24, 2.45) is 0 Å². The first-order chi connectivity index (χ1) is 10.1. The fraction of sp³-hybridized carbons (Fsp3) is 0.588. The number of benzene rings is 1. The van der Waals surface area contributed by atoms with Crippen LogP contribution in [0.1, 0.15) is 38.2 Å². The minimum absolute atomic E-state index is 0. The van der Waals surface area contributed by atoms with Gasteiger partial charge in [0.25, 0.3) is 0 Å². The van der Waals surface area contributed by atoms with E-state index in [2.05, 4.69) is 43.4 Å². The van der Waals surface area contributed by atoms with Gasteiger partial charge in [-0.3, -0.25) is 4.79 Å². The lowest BCUT2D eigenvalue weighted by atomic mass is 10.0. The van der Waals surface area contributed by atoms with Crippen molar-refractivity contribution in [1.29, 1.82) is 0 Å². The zero-order valence-corrected chi connectivity index (χ0v) is 15.3. The fourth-order valence-electron chi connectivity index (χ4n) is 2.62. The molecule has 2 rings (SSSR count). The minimum atomic E-state index is 0. The van der Waals surface area contributed by atoms with E-state index in [1.807, 2.05) is 11.9 Å². The summed E-state index contributed by atoms with van der Waals surface area (Å²) in [5, 5.41) is 3.28. The van der Waals surface area contributed by atoms with Crippen LogP contribution in [0.25, 0.3) is 0 Å². The number of nitrogens with one attached hydrogen (secondary N) is 1. The predicted molar refractivity (Wildman–Crippen MR) is 97.2 cm³/mol. The lowest BCUT2D eigenvalue weighted by molar-refractivity contribution is -0.129. The van der Waals surface area contributed by atoms with Gasteiger partial charge in [0.15, 0.2) is 0 Å². The number of carbonyl (C=O) groups is 1. The number of rotatable bonds is 5. The third-order valence-electron chi connectivity index (χ3n) is 4.09. The molecule has 3 nitrogen and oxygen atoms in total. The summed E-state index contributed by atoms with van der Waals surface area (Å²) >= 11 is 1.64. The Labute approximate surface area is 144 Å². The quantitative estimate of drug-likeness (QED) is 0.831. The zero-order valence-electron chi connectivity index (χ0n) is 13.7. The summed E-state index contributed by atoms with van der Waals surface area (Å²) in [6.07, 6.45) is 2.27. The Bertz CT molecular complexity index is 464. The van der Waals surface area contributed by atoms with Gasteiger partial charge >= 0.3 is 0 Å². The van der Waals surface area contributed by atoms with Gasteiger partial charge in [-0.05, 0) is 43.5 Å². The molecule has 0 radical (unpaired) electrons. The number of piperidine rings is 1. The van der Waals surface area contributed by atoms with Crippen LogP contribution in [-0.2, 0) is 4.79 Å². The Balaban J connectivity index is 0.00000242. The van der Waals surface area contributed by atoms with E-state index in [0.717, 1.165) is 19.5 Å². The number of carbonyl (C=O) groups excluding carboxylic acids is 1. The zero-order chi connectivity index (χ0) is 15.2. The number of amides is 1. The molecular weight excluding hydrogens is 316 g/mol. The van der Waals surface area contributed by atoms with Crippen molar-refractivity contribution in [3.8, 4) is 0 Å². The summed E-state index contributed by atoms with van der Waals surface area (Å²) in [6, 6.07) is 9.03. The van der Waals surface area contributed by atoms with Crippen molar-refractivity contribution in [2.45, 2.75) is 43.5 Å². The van der Waals surface area contributed by atoms with Crippen LogP contribution in [0.3, 0.4) is 0 Å². The maximum Gasteiger partial charge on any atom is 0.232 e. The number of halogens is 1. The van der Waals surface area contributed by atoms with E-state index in [4.69, 9.17) is 0 Å². The molecule has 1 atom stereocenters. The van der Waals surface area contributed by atoms with Crippen LogP contribution in [-0.4, -0.2) is 42.7 Å². The molecule has 1 N–H and O–H groups in total. The average Bonchev–Trinajstić information content (AvgIpc) is 2.53. The molecule has 22 heavy (non-hydrogen) atoms. The normalized spacial score (nSPS) is 18.2. The summed E-state index contributed by atoms with van der Waals surface area (Å²) in [7, 11) is 1.98. The molecule has 0 spiro atoms. The van der Waals surface area contributed by atoms with Gasteiger partial charge < -0.3 is 10.2 Å². The molecule has 5 heteroatoms. The summed E-state index contributed by atoms with van der Waals surface area (Å²) in [4.78, 5) is 15.5. The summed E-state index contributed by atoms with van der Waals surface area (Å²) in [5.74, 6) is 1.35. The van der Waals surface area contributed by atoms with Crippen LogP contribution >= 0.6 is 24.2 Å². The van der Waals surface area contributed by atoms with Gasteiger partial charge in [0.2, 0.25) is 5.91 Å². The Hall–Kier alpha value is -0.710. The third-order valence-corrected chi connectivity index (χ3v) is 5.09. The molecule has 0 aromatic heterocycles.